The van der Waals surface area contributed by atoms with Crippen molar-refractivity contribution in [2.75, 3.05) is 13.1 Å². The summed E-state index contributed by atoms with van der Waals surface area (Å²) in [5.74, 6) is -0.116. The van der Waals surface area contributed by atoms with E-state index in [-0.39, 0.29) is 24.9 Å². The first kappa shape index (κ1) is 16.2. The molecule has 0 aromatic carbocycles. The lowest BCUT2D eigenvalue weighted by Crippen LogP contribution is -2.39. The smallest absolute Gasteiger partial charge is 0.353 e. The molecule has 0 heterocycles. The number of carbonyl (C=O) groups is 1. The minimum atomic E-state index is -4.08. The third kappa shape index (κ3) is 11.5. The second kappa shape index (κ2) is 8.33. The maximum atomic E-state index is 11.8. The van der Waals surface area contributed by atoms with Crippen LogP contribution in [0.25, 0.3) is 0 Å². The van der Waals surface area contributed by atoms with Crippen LogP contribution in [-0.2, 0) is 4.79 Å². The Morgan fingerprint density at radius 2 is 1.94 bits per heavy atom. The lowest BCUT2D eigenvalue weighted by Gasteiger charge is -2.11. The molecule has 102 valence electrons. The molecule has 0 rings (SSSR count). The zero-order valence-electron chi connectivity index (χ0n) is 10.4. The van der Waals surface area contributed by atoms with Crippen molar-refractivity contribution in [2.45, 2.75) is 51.7 Å². The minimum absolute atomic E-state index is 0.101. The molecule has 6 heteroatoms. The van der Waals surface area contributed by atoms with Gasteiger partial charge in [-0.2, -0.15) is 13.2 Å². The van der Waals surface area contributed by atoms with Crippen LogP contribution in [0.4, 0.5) is 13.2 Å². The number of carbonyl (C=O) groups excluding carboxylic acids is 1. The largest absolute Gasteiger partial charge is 0.389 e. The van der Waals surface area contributed by atoms with Gasteiger partial charge in [-0.1, -0.05) is 6.92 Å². The highest BCUT2D eigenvalue weighted by molar-refractivity contribution is 5.78. The topological polar surface area (TPSA) is 41.1 Å². The van der Waals surface area contributed by atoms with Crippen molar-refractivity contribution < 1.29 is 18.0 Å². The van der Waals surface area contributed by atoms with Crippen molar-refractivity contribution in [3.05, 3.63) is 0 Å². The molecule has 3 nitrogen and oxygen atoms in total. The van der Waals surface area contributed by atoms with Crippen LogP contribution >= 0.6 is 0 Å². The number of nitrogens with one attached hydrogen (secondary N) is 2. The fourth-order valence-electron chi connectivity index (χ4n) is 1.21. The molecule has 1 amide bonds. The standard InChI is InChI=1S/C11H21F3N2O/c1-3-9(2)16-10(17)8-15-7-5-4-6-11(12,13)14/h9,15H,3-8H2,1-2H3,(H,16,17). The van der Waals surface area contributed by atoms with E-state index >= 15 is 0 Å². The van der Waals surface area contributed by atoms with Gasteiger partial charge in [0.15, 0.2) is 0 Å². The van der Waals surface area contributed by atoms with Gasteiger partial charge in [0.2, 0.25) is 5.91 Å². The highest BCUT2D eigenvalue weighted by atomic mass is 19.4. The van der Waals surface area contributed by atoms with Gasteiger partial charge in [0, 0.05) is 12.5 Å². The summed E-state index contributed by atoms with van der Waals surface area (Å²) in [5, 5.41) is 5.58. The van der Waals surface area contributed by atoms with E-state index in [1.165, 1.54) is 0 Å². The first-order chi connectivity index (χ1) is 7.85. The Morgan fingerprint density at radius 1 is 1.29 bits per heavy atom. The molecule has 0 aliphatic heterocycles. The number of amides is 1. The van der Waals surface area contributed by atoms with E-state index in [0.29, 0.717) is 13.0 Å². The van der Waals surface area contributed by atoms with Gasteiger partial charge >= 0.3 is 6.18 Å². The van der Waals surface area contributed by atoms with E-state index in [2.05, 4.69) is 10.6 Å². The van der Waals surface area contributed by atoms with Gasteiger partial charge in [-0.15, -0.1) is 0 Å². The van der Waals surface area contributed by atoms with Gasteiger partial charge in [0.1, 0.15) is 0 Å². The molecular weight excluding hydrogens is 233 g/mol. The zero-order valence-corrected chi connectivity index (χ0v) is 10.4. The van der Waals surface area contributed by atoms with Gasteiger partial charge in [0.05, 0.1) is 6.54 Å². The average molecular weight is 254 g/mol. The number of unbranched alkanes of at least 4 members (excludes halogenated alkanes) is 1. The van der Waals surface area contributed by atoms with Crippen LogP contribution < -0.4 is 10.6 Å². The van der Waals surface area contributed by atoms with Crippen LogP contribution in [0.2, 0.25) is 0 Å². The molecule has 0 aliphatic rings. The summed E-state index contributed by atoms with van der Waals surface area (Å²) < 4.78 is 35.4. The van der Waals surface area contributed by atoms with Crippen LogP contribution in [0.3, 0.4) is 0 Å². The summed E-state index contributed by atoms with van der Waals surface area (Å²) in [6.07, 6.45) is -3.45. The van der Waals surface area contributed by atoms with Crippen LogP contribution in [-0.4, -0.2) is 31.2 Å². The van der Waals surface area contributed by atoms with Gasteiger partial charge in [-0.25, -0.2) is 0 Å². The van der Waals surface area contributed by atoms with Gasteiger partial charge in [-0.3, -0.25) is 4.79 Å². The quantitative estimate of drug-likeness (QED) is 0.652. The monoisotopic (exact) mass is 254 g/mol. The van der Waals surface area contributed by atoms with Crippen molar-refractivity contribution in [1.29, 1.82) is 0 Å². The summed E-state index contributed by atoms with van der Waals surface area (Å²) in [6.45, 7) is 4.47. The van der Waals surface area contributed by atoms with Crippen molar-refractivity contribution in [3.63, 3.8) is 0 Å². The summed E-state index contributed by atoms with van der Waals surface area (Å²) in [7, 11) is 0. The first-order valence-electron chi connectivity index (χ1n) is 5.92. The molecule has 0 aliphatic carbocycles. The molecule has 0 aromatic rings. The maximum absolute atomic E-state index is 11.8. The van der Waals surface area contributed by atoms with Crippen molar-refractivity contribution in [2.24, 2.45) is 0 Å². The molecule has 0 saturated heterocycles. The second-order valence-electron chi connectivity index (χ2n) is 4.13. The highest BCUT2D eigenvalue weighted by Crippen LogP contribution is 2.21. The van der Waals surface area contributed by atoms with Crippen LogP contribution in [0.15, 0.2) is 0 Å². The lowest BCUT2D eigenvalue weighted by molar-refractivity contribution is -0.135. The van der Waals surface area contributed by atoms with Gasteiger partial charge in [0.25, 0.3) is 0 Å². The SMILES string of the molecule is CCC(C)NC(=O)CNCCCCC(F)(F)F. The Balaban J connectivity index is 3.37. The predicted molar refractivity (Wildman–Crippen MR) is 60.7 cm³/mol. The third-order valence-electron chi connectivity index (χ3n) is 2.37. The zero-order chi connectivity index (χ0) is 13.3. The molecule has 1 atom stereocenters. The molecule has 2 N–H and O–H groups in total. The third-order valence-corrected chi connectivity index (χ3v) is 2.37. The molecule has 0 bridgehead atoms. The van der Waals surface area contributed by atoms with E-state index in [9.17, 15) is 18.0 Å². The molecule has 0 saturated carbocycles. The fraction of sp³-hybridized carbons (Fsp3) is 0.909. The Labute approximate surface area is 100 Å². The number of alkyl halides is 3. The Hall–Kier alpha value is -0.780. The van der Waals surface area contributed by atoms with E-state index < -0.39 is 12.6 Å². The maximum Gasteiger partial charge on any atom is 0.389 e. The Kier molecular flexibility index (Phi) is 7.95. The summed E-state index contributed by atoms with van der Waals surface area (Å²) in [5.41, 5.74) is 0. The fourth-order valence-corrected chi connectivity index (χ4v) is 1.21. The lowest BCUT2D eigenvalue weighted by atomic mass is 10.2. The average Bonchev–Trinajstić information content (AvgIpc) is 2.21. The predicted octanol–water partition coefficient (Wildman–Crippen LogP) is 2.22. The number of hydrogen-bond donors (Lipinski definition) is 2. The van der Waals surface area contributed by atoms with E-state index in [4.69, 9.17) is 0 Å². The normalized spacial score (nSPS) is 13.5. The van der Waals surface area contributed by atoms with Gasteiger partial charge < -0.3 is 10.6 Å². The minimum Gasteiger partial charge on any atom is -0.353 e. The number of hydrogen-bond acceptors (Lipinski definition) is 2. The second-order valence-corrected chi connectivity index (χ2v) is 4.13. The Morgan fingerprint density at radius 3 is 2.47 bits per heavy atom. The summed E-state index contributed by atoms with van der Waals surface area (Å²) in [4.78, 5) is 11.3. The van der Waals surface area contributed by atoms with Crippen molar-refractivity contribution >= 4 is 5.91 Å². The summed E-state index contributed by atoms with van der Waals surface area (Å²) in [6, 6.07) is 0.134. The first-order valence-corrected chi connectivity index (χ1v) is 5.92. The van der Waals surface area contributed by atoms with Crippen molar-refractivity contribution in [1.82, 2.24) is 10.6 Å². The molecule has 0 radical (unpaired) electrons. The van der Waals surface area contributed by atoms with E-state index in [1.807, 2.05) is 13.8 Å². The molecule has 1 unspecified atom stereocenters. The summed E-state index contributed by atoms with van der Waals surface area (Å²) >= 11 is 0. The molecular formula is C11H21F3N2O. The van der Waals surface area contributed by atoms with Crippen LogP contribution in [0.5, 0.6) is 0 Å². The number of rotatable bonds is 8. The van der Waals surface area contributed by atoms with Crippen molar-refractivity contribution in [3.8, 4) is 0 Å². The Bertz CT molecular complexity index is 219. The molecule has 0 spiro atoms. The van der Waals surface area contributed by atoms with Crippen LogP contribution in [0, 0.1) is 0 Å². The molecule has 0 aromatic heterocycles. The van der Waals surface area contributed by atoms with E-state index in [1.54, 1.807) is 0 Å². The molecule has 0 fully saturated rings. The molecule has 17 heavy (non-hydrogen) atoms. The van der Waals surface area contributed by atoms with E-state index in [0.717, 1.165) is 6.42 Å². The van der Waals surface area contributed by atoms with Crippen LogP contribution in [0.1, 0.15) is 39.5 Å². The highest BCUT2D eigenvalue weighted by Gasteiger charge is 2.25. The van der Waals surface area contributed by atoms with Gasteiger partial charge in [-0.05, 0) is 32.7 Å². The number of halogens is 3.